The van der Waals surface area contributed by atoms with Gasteiger partial charge in [-0.15, -0.1) is 6.58 Å². The number of hydrogen-bond acceptors (Lipinski definition) is 3. The Kier molecular flexibility index (Phi) is 5.81. The maximum absolute atomic E-state index is 11.8. The maximum Gasteiger partial charge on any atom is 0.410 e. The van der Waals surface area contributed by atoms with Crippen molar-refractivity contribution in [1.29, 1.82) is 0 Å². The number of ether oxygens (including phenoxy) is 1. The molecule has 1 fully saturated rings. The Hall–Kier alpha value is -1.07. The van der Waals surface area contributed by atoms with Crippen LogP contribution in [-0.2, 0) is 9.16 Å². The molecule has 1 amide bonds. The normalized spacial score (nSPS) is 21.7. The minimum Gasteiger partial charge on any atom is -0.447 e. The molecule has 2 atom stereocenters. The van der Waals surface area contributed by atoms with Gasteiger partial charge in [-0.2, -0.15) is 0 Å². The molecule has 1 rings (SSSR count). The predicted molar refractivity (Wildman–Crippen MR) is 88.9 cm³/mol. The fraction of sp³-hybridized carbons (Fsp3) is 0.688. The van der Waals surface area contributed by atoms with E-state index in [0.717, 1.165) is 0 Å². The monoisotopic (exact) mass is 311 g/mol. The van der Waals surface area contributed by atoms with Crippen molar-refractivity contribution in [2.75, 3.05) is 13.2 Å². The largest absolute Gasteiger partial charge is 0.447 e. The van der Waals surface area contributed by atoms with Gasteiger partial charge < -0.3 is 9.16 Å². The van der Waals surface area contributed by atoms with E-state index in [9.17, 15) is 4.79 Å². The second-order valence-electron chi connectivity index (χ2n) is 6.95. The van der Waals surface area contributed by atoms with Crippen LogP contribution in [0.3, 0.4) is 0 Å². The molecule has 0 aromatic rings. The molecule has 5 heteroatoms. The Labute approximate surface area is 129 Å². The fourth-order valence-electron chi connectivity index (χ4n) is 2.04. The van der Waals surface area contributed by atoms with Crippen LogP contribution in [0.4, 0.5) is 4.79 Å². The van der Waals surface area contributed by atoms with Gasteiger partial charge in [0.15, 0.2) is 8.32 Å². The predicted octanol–water partition coefficient (Wildman–Crippen LogP) is 3.96. The zero-order chi connectivity index (χ0) is 16.3. The van der Waals surface area contributed by atoms with Crippen molar-refractivity contribution >= 4 is 14.4 Å². The number of cyclic esters (lactones) is 1. The molecule has 1 aliphatic heterocycles. The second kappa shape index (κ2) is 6.79. The molecule has 0 aliphatic carbocycles. The first kappa shape index (κ1) is 18.0. The van der Waals surface area contributed by atoms with Crippen LogP contribution in [0.15, 0.2) is 24.8 Å². The number of amides is 1. The Morgan fingerprint density at radius 3 is 2.62 bits per heavy atom. The number of carbonyl (C=O) groups excluding carboxylic acids is 1. The highest BCUT2D eigenvalue weighted by Gasteiger charge is 2.44. The summed E-state index contributed by atoms with van der Waals surface area (Å²) in [6, 6.07) is -0.0826. The van der Waals surface area contributed by atoms with Gasteiger partial charge in [0, 0.05) is 6.54 Å². The summed E-state index contributed by atoms with van der Waals surface area (Å²) in [5.41, 5.74) is 0. The zero-order valence-electron chi connectivity index (χ0n) is 14.2. The zero-order valence-corrected chi connectivity index (χ0v) is 15.2. The van der Waals surface area contributed by atoms with Gasteiger partial charge in [-0.25, -0.2) is 4.79 Å². The third-order valence-corrected chi connectivity index (χ3v) is 8.81. The van der Waals surface area contributed by atoms with Crippen LogP contribution in [0.25, 0.3) is 0 Å². The SMILES string of the molecule is C=CCN1C(=O)OC[C@H]1[C@@H](/C=C/C)O[Si](C)(C)C(C)(C)C. The van der Waals surface area contributed by atoms with Crippen LogP contribution in [0.2, 0.25) is 18.1 Å². The highest BCUT2D eigenvalue weighted by molar-refractivity contribution is 6.74. The highest BCUT2D eigenvalue weighted by Crippen LogP contribution is 2.38. The Morgan fingerprint density at radius 2 is 2.14 bits per heavy atom. The molecule has 4 nitrogen and oxygen atoms in total. The topological polar surface area (TPSA) is 38.8 Å². The number of nitrogens with zero attached hydrogens (tertiary/aromatic N) is 1. The summed E-state index contributed by atoms with van der Waals surface area (Å²) in [5.74, 6) is 0. The summed E-state index contributed by atoms with van der Waals surface area (Å²) in [6.45, 7) is 17.6. The lowest BCUT2D eigenvalue weighted by Crippen LogP contribution is -2.50. The summed E-state index contributed by atoms with van der Waals surface area (Å²) < 4.78 is 11.7. The van der Waals surface area contributed by atoms with E-state index < -0.39 is 8.32 Å². The van der Waals surface area contributed by atoms with Gasteiger partial charge in [0.25, 0.3) is 0 Å². The molecule has 0 bridgehead atoms. The van der Waals surface area contributed by atoms with E-state index in [2.05, 4.69) is 40.4 Å². The first-order chi connectivity index (χ1) is 9.64. The van der Waals surface area contributed by atoms with Crippen molar-refractivity contribution in [2.24, 2.45) is 0 Å². The summed E-state index contributed by atoms with van der Waals surface area (Å²) in [6.07, 6.45) is 5.31. The number of hydrogen-bond donors (Lipinski definition) is 0. The van der Waals surface area contributed by atoms with Crippen molar-refractivity contribution in [1.82, 2.24) is 4.90 Å². The summed E-state index contributed by atoms with van der Waals surface area (Å²) in [5, 5.41) is 0.125. The highest BCUT2D eigenvalue weighted by atomic mass is 28.4. The molecule has 0 aromatic heterocycles. The maximum atomic E-state index is 11.8. The molecule has 0 aromatic carbocycles. The Balaban J connectivity index is 2.96. The van der Waals surface area contributed by atoms with E-state index in [1.54, 1.807) is 11.0 Å². The third-order valence-electron chi connectivity index (χ3n) is 4.34. The number of rotatable bonds is 6. The van der Waals surface area contributed by atoms with Gasteiger partial charge in [-0.05, 0) is 25.1 Å². The summed E-state index contributed by atoms with van der Waals surface area (Å²) >= 11 is 0. The molecule has 21 heavy (non-hydrogen) atoms. The van der Waals surface area contributed by atoms with E-state index in [1.807, 2.05) is 19.1 Å². The minimum atomic E-state index is -1.92. The summed E-state index contributed by atoms with van der Waals surface area (Å²) in [4.78, 5) is 13.5. The van der Waals surface area contributed by atoms with Gasteiger partial charge >= 0.3 is 6.09 Å². The molecule has 0 N–H and O–H groups in total. The number of carbonyl (C=O) groups is 1. The van der Waals surface area contributed by atoms with Crippen molar-refractivity contribution < 1.29 is 14.0 Å². The lowest BCUT2D eigenvalue weighted by atomic mass is 10.1. The van der Waals surface area contributed by atoms with Gasteiger partial charge in [-0.1, -0.05) is 39.0 Å². The van der Waals surface area contributed by atoms with Crippen LogP contribution in [0.1, 0.15) is 27.7 Å². The molecule has 0 radical (unpaired) electrons. The molecule has 1 saturated heterocycles. The smallest absolute Gasteiger partial charge is 0.410 e. The molecule has 0 saturated carbocycles. The average molecular weight is 311 g/mol. The van der Waals surface area contributed by atoms with Gasteiger partial charge in [-0.3, -0.25) is 4.90 Å². The van der Waals surface area contributed by atoms with Gasteiger partial charge in [0.05, 0.1) is 12.1 Å². The van der Waals surface area contributed by atoms with E-state index in [4.69, 9.17) is 9.16 Å². The van der Waals surface area contributed by atoms with E-state index >= 15 is 0 Å². The Morgan fingerprint density at radius 1 is 1.52 bits per heavy atom. The molecule has 1 heterocycles. The second-order valence-corrected chi connectivity index (χ2v) is 11.7. The summed E-state index contributed by atoms with van der Waals surface area (Å²) in [7, 11) is -1.92. The lowest BCUT2D eigenvalue weighted by molar-refractivity contribution is 0.133. The quantitative estimate of drug-likeness (QED) is 0.550. The third kappa shape index (κ3) is 4.20. The minimum absolute atomic E-state index is 0.0826. The van der Waals surface area contributed by atoms with Crippen molar-refractivity contribution in [3.8, 4) is 0 Å². The van der Waals surface area contributed by atoms with Crippen LogP contribution < -0.4 is 0 Å². The molecular weight excluding hydrogens is 282 g/mol. The van der Waals surface area contributed by atoms with E-state index in [-0.39, 0.29) is 23.3 Å². The van der Waals surface area contributed by atoms with Crippen LogP contribution in [0, 0.1) is 0 Å². The van der Waals surface area contributed by atoms with Crippen LogP contribution in [-0.4, -0.2) is 44.6 Å². The van der Waals surface area contributed by atoms with Crippen molar-refractivity contribution in [3.63, 3.8) is 0 Å². The van der Waals surface area contributed by atoms with Gasteiger partial charge in [0.1, 0.15) is 6.61 Å². The van der Waals surface area contributed by atoms with Crippen LogP contribution >= 0.6 is 0 Å². The van der Waals surface area contributed by atoms with Crippen molar-refractivity contribution in [2.45, 2.75) is 58.0 Å². The lowest BCUT2D eigenvalue weighted by Gasteiger charge is -2.40. The molecule has 1 aliphatic rings. The van der Waals surface area contributed by atoms with E-state index in [0.29, 0.717) is 13.2 Å². The first-order valence-corrected chi connectivity index (χ1v) is 10.4. The molecule has 0 unspecified atom stereocenters. The molecular formula is C16H29NO3Si. The first-order valence-electron chi connectivity index (χ1n) is 7.49. The fourth-order valence-corrected chi connectivity index (χ4v) is 3.31. The molecule has 0 spiro atoms. The van der Waals surface area contributed by atoms with Gasteiger partial charge in [0.2, 0.25) is 0 Å². The average Bonchev–Trinajstić information content (AvgIpc) is 2.70. The van der Waals surface area contributed by atoms with Crippen molar-refractivity contribution in [3.05, 3.63) is 24.8 Å². The standard InChI is InChI=1S/C16H29NO3Si/c1-8-10-14(20-21(6,7)16(3,4)5)13-12-19-15(18)17(13)11-9-2/h8-10,13-14H,2,11-12H2,1,3-7H3/b10-8+/t13-,14+/m0/s1. The number of allylic oxidation sites excluding steroid dienone is 1. The molecule has 120 valence electrons. The van der Waals surface area contributed by atoms with Crippen LogP contribution in [0.5, 0.6) is 0 Å². The Bertz CT molecular complexity index is 412. The van der Waals surface area contributed by atoms with E-state index in [1.165, 1.54) is 0 Å².